The van der Waals surface area contributed by atoms with Crippen molar-refractivity contribution < 1.29 is 14.4 Å². The van der Waals surface area contributed by atoms with Gasteiger partial charge in [-0.05, 0) is 36.6 Å². The number of benzene rings is 1. The highest BCUT2D eigenvalue weighted by atomic mass is 16.2. The molecule has 1 aromatic rings. The minimum absolute atomic E-state index is 0.146. The number of amides is 3. The molecule has 0 bridgehead atoms. The molecule has 0 aromatic heterocycles. The third kappa shape index (κ3) is 2.24. The Kier molecular flexibility index (Phi) is 3.12. The SMILES string of the molecule is C=C(C)c1ccc2c(c1)CN(C1CCC(=O)NC1=O)C2=O. The minimum atomic E-state index is -0.559. The summed E-state index contributed by atoms with van der Waals surface area (Å²) in [6.45, 7) is 6.22. The normalized spacial score (nSPS) is 21.3. The van der Waals surface area contributed by atoms with Crippen molar-refractivity contribution in [1.29, 1.82) is 0 Å². The van der Waals surface area contributed by atoms with E-state index in [1.807, 2.05) is 19.1 Å². The Morgan fingerprint density at radius 1 is 1.33 bits per heavy atom. The van der Waals surface area contributed by atoms with E-state index in [2.05, 4.69) is 11.9 Å². The second kappa shape index (κ2) is 4.84. The van der Waals surface area contributed by atoms with Crippen LogP contribution in [0.5, 0.6) is 0 Å². The molecule has 21 heavy (non-hydrogen) atoms. The van der Waals surface area contributed by atoms with Gasteiger partial charge >= 0.3 is 0 Å². The van der Waals surface area contributed by atoms with Crippen LogP contribution >= 0.6 is 0 Å². The van der Waals surface area contributed by atoms with Crippen LogP contribution in [0.2, 0.25) is 0 Å². The lowest BCUT2D eigenvalue weighted by atomic mass is 10.0. The van der Waals surface area contributed by atoms with Crippen LogP contribution in [0, 0.1) is 0 Å². The van der Waals surface area contributed by atoms with Crippen molar-refractivity contribution in [2.24, 2.45) is 0 Å². The van der Waals surface area contributed by atoms with Gasteiger partial charge in [0, 0.05) is 18.5 Å². The third-order valence-electron chi connectivity index (χ3n) is 4.02. The van der Waals surface area contributed by atoms with E-state index >= 15 is 0 Å². The average Bonchev–Trinajstić information content (AvgIpc) is 2.75. The molecule has 1 aromatic carbocycles. The summed E-state index contributed by atoms with van der Waals surface area (Å²) in [4.78, 5) is 37.1. The summed E-state index contributed by atoms with van der Waals surface area (Å²) in [6, 6.07) is 5.04. The maximum Gasteiger partial charge on any atom is 0.255 e. The second-order valence-corrected chi connectivity index (χ2v) is 5.55. The lowest BCUT2D eigenvalue weighted by Crippen LogP contribution is -2.52. The van der Waals surface area contributed by atoms with Gasteiger partial charge in [0.1, 0.15) is 6.04 Å². The molecule has 0 saturated carbocycles. The van der Waals surface area contributed by atoms with Gasteiger partial charge in [0.15, 0.2) is 0 Å². The van der Waals surface area contributed by atoms with Crippen LogP contribution in [0.3, 0.4) is 0 Å². The molecule has 1 saturated heterocycles. The molecule has 2 heterocycles. The monoisotopic (exact) mass is 284 g/mol. The Labute approximate surface area is 122 Å². The molecule has 5 nitrogen and oxygen atoms in total. The molecule has 108 valence electrons. The molecular formula is C16H16N2O3. The number of hydrogen-bond donors (Lipinski definition) is 1. The second-order valence-electron chi connectivity index (χ2n) is 5.55. The zero-order valence-electron chi connectivity index (χ0n) is 11.8. The Morgan fingerprint density at radius 2 is 2.10 bits per heavy atom. The number of piperidine rings is 1. The van der Waals surface area contributed by atoms with E-state index in [1.165, 1.54) is 0 Å². The highest BCUT2D eigenvalue weighted by molar-refractivity contribution is 6.05. The fourth-order valence-corrected chi connectivity index (χ4v) is 2.84. The summed E-state index contributed by atoms with van der Waals surface area (Å²) in [6.07, 6.45) is 0.658. The van der Waals surface area contributed by atoms with Gasteiger partial charge in [-0.3, -0.25) is 19.7 Å². The van der Waals surface area contributed by atoms with Crippen molar-refractivity contribution >= 4 is 23.3 Å². The molecule has 3 rings (SSSR count). The van der Waals surface area contributed by atoms with Crippen LogP contribution in [0.1, 0.15) is 41.3 Å². The highest BCUT2D eigenvalue weighted by Gasteiger charge is 2.38. The van der Waals surface area contributed by atoms with Crippen molar-refractivity contribution in [2.75, 3.05) is 0 Å². The first-order valence-corrected chi connectivity index (χ1v) is 6.91. The van der Waals surface area contributed by atoms with Crippen LogP contribution in [0.15, 0.2) is 24.8 Å². The topological polar surface area (TPSA) is 66.5 Å². The predicted octanol–water partition coefficient (Wildman–Crippen LogP) is 1.48. The van der Waals surface area contributed by atoms with Crippen molar-refractivity contribution in [2.45, 2.75) is 32.4 Å². The summed E-state index contributed by atoms with van der Waals surface area (Å²) in [5.74, 6) is -0.801. The maximum absolute atomic E-state index is 12.4. The number of allylic oxidation sites excluding steroid dienone is 1. The zero-order valence-corrected chi connectivity index (χ0v) is 11.8. The molecule has 1 atom stereocenters. The van der Waals surface area contributed by atoms with E-state index in [0.717, 1.165) is 16.7 Å². The number of nitrogens with zero attached hydrogens (tertiary/aromatic N) is 1. The van der Waals surface area contributed by atoms with Crippen molar-refractivity contribution in [3.63, 3.8) is 0 Å². The fourth-order valence-electron chi connectivity index (χ4n) is 2.84. The predicted molar refractivity (Wildman–Crippen MR) is 77.2 cm³/mol. The molecule has 2 aliphatic heterocycles. The van der Waals surface area contributed by atoms with Gasteiger partial charge in [-0.25, -0.2) is 0 Å². The first-order chi connectivity index (χ1) is 9.97. The van der Waals surface area contributed by atoms with E-state index in [0.29, 0.717) is 18.5 Å². The zero-order chi connectivity index (χ0) is 15.1. The minimum Gasteiger partial charge on any atom is -0.322 e. The molecule has 1 unspecified atom stereocenters. The molecule has 3 amide bonds. The maximum atomic E-state index is 12.4. The number of imide groups is 1. The Bertz CT molecular complexity index is 678. The Balaban J connectivity index is 1.88. The smallest absolute Gasteiger partial charge is 0.255 e. The summed E-state index contributed by atoms with van der Waals surface area (Å²) in [7, 11) is 0. The number of nitrogens with one attached hydrogen (secondary N) is 1. The first kappa shape index (κ1) is 13.5. The van der Waals surface area contributed by atoms with E-state index in [1.54, 1.807) is 11.0 Å². The fraction of sp³-hybridized carbons (Fsp3) is 0.312. The summed E-state index contributed by atoms with van der Waals surface area (Å²) in [5.41, 5.74) is 3.46. The van der Waals surface area contributed by atoms with E-state index in [4.69, 9.17) is 0 Å². The molecule has 2 aliphatic rings. The summed E-state index contributed by atoms with van der Waals surface area (Å²) >= 11 is 0. The van der Waals surface area contributed by atoms with Gasteiger partial charge in [-0.2, -0.15) is 0 Å². The molecular weight excluding hydrogens is 268 g/mol. The van der Waals surface area contributed by atoms with Gasteiger partial charge in [-0.15, -0.1) is 0 Å². The van der Waals surface area contributed by atoms with Crippen molar-refractivity contribution in [3.05, 3.63) is 41.5 Å². The van der Waals surface area contributed by atoms with E-state index in [-0.39, 0.29) is 24.1 Å². The van der Waals surface area contributed by atoms with Gasteiger partial charge in [0.05, 0.1) is 0 Å². The molecule has 5 heteroatoms. The quantitative estimate of drug-likeness (QED) is 0.837. The lowest BCUT2D eigenvalue weighted by molar-refractivity contribution is -0.136. The molecule has 1 N–H and O–H groups in total. The standard InChI is InChI=1S/C16H16N2O3/c1-9(2)10-3-4-12-11(7-10)8-18(16(12)21)13-5-6-14(19)17-15(13)20/h3-4,7,13H,1,5-6,8H2,2H3,(H,17,19,20). The third-order valence-corrected chi connectivity index (χ3v) is 4.02. The van der Waals surface area contributed by atoms with E-state index in [9.17, 15) is 14.4 Å². The highest BCUT2D eigenvalue weighted by Crippen LogP contribution is 2.29. The van der Waals surface area contributed by atoms with Crippen molar-refractivity contribution in [1.82, 2.24) is 10.2 Å². The van der Waals surface area contributed by atoms with Crippen LogP contribution in [-0.2, 0) is 16.1 Å². The van der Waals surface area contributed by atoms with Gasteiger partial charge < -0.3 is 4.90 Å². The number of carbonyl (C=O) groups is 3. The first-order valence-electron chi connectivity index (χ1n) is 6.91. The molecule has 1 fully saturated rings. The average molecular weight is 284 g/mol. The number of fused-ring (bicyclic) bond motifs is 1. The summed E-state index contributed by atoms with van der Waals surface area (Å²) in [5, 5.41) is 2.30. The van der Waals surface area contributed by atoms with Crippen LogP contribution in [0.25, 0.3) is 5.57 Å². The largest absolute Gasteiger partial charge is 0.322 e. The molecule has 0 spiro atoms. The van der Waals surface area contributed by atoms with Gasteiger partial charge in [0.25, 0.3) is 5.91 Å². The Hall–Kier alpha value is -2.43. The van der Waals surface area contributed by atoms with Crippen molar-refractivity contribution in [3.8, 4) is 0 Å². The van der Waals surface area contributed by atoms with E-state index < -0.39 is 6.04 Å². The van der Waals surface area contributed by atoms with Gasteiger partial charge in [0.2, 0.25) is 11.8 Å². The molecule has 0 aliphatic carbocycles. The number of hydrogen-bond acceptors (Lipinski definition) is 3. The Morgan fingerprint density at radius 3 is 2.76 bits per heavy atom. The molecule has 0 radical (unpaired) electrons. The number of carbonyl (C=O) groups excluding carboxylic acids is 3. The van der Waals surface area contributed by atoms with Crippen LogP contribution in [-0.4, -0.2) is 28.7 Å². The number of rotatable bonds is 2. The van der Waals surface area contributed by atoms with Crippen LogP contribution in [0.4, 0.5) is 0 Å². The van der Waals surface area contributed by atoms with Gasteiger partial charge in [-0.1, -0.05) is 18.2 Å². The lowest BCUT2D eigenvalue weighted by Gasteiger charge is -2.29. The summed E-state index contributed by atoms with van der Waals surface area (Å²) < 4.78 is 0. The van der Waals surface area contributed by atoms with Crippen LogP contribution < -0.4 is 5.32 Å².